The Morgan fingerprint density at radius 2 is 1.65 bits per heavy atom. The average Bonchev–Trinajstić information content (AvgIpc) is 2.77. The molecule has 2 aromatic rings. The van der Waals surface area contributed by atoms with Crippen LogP contribution in [0.2, 0.25) is 0 Å². The quantitative estimate of drug-likeness (QED) is 0.657. The van der Waals surface area contributed by atoms with E-state index in [4.69, 9.17) is 9.47 Å². The van der Waals surface area contributed by atoms with Crippen LogP contribution in [0.4, 0.5) is 18.9 Å². The van der Waals surface area contributed by atoms with Gasteiger partial charge >= 0.3 is 18.1 Å². The van der Waals surface area contributed by atoms with Crippen molar-refractivity contribution in [1.82, 2.24) is 0 Å². The molecule has 0 unspecified atom stereocenters. The number of carbonyl (C=O) groups excluding carboxylic acids is 2. The Hall–Kier alpha value is -3.53. The fourth-order valence-electron chi connectivity index (χ4n) is 3.00. The molecule has 0 atom stereocenters. The van der Waals surface area contributed by atoms with Gasteiger partial charge in [0.15, 0.2) is 0 Å². The van der Waals surface area contributed by atoms with E-state index in [-0.39, 0.29) is 23.6 Å². The first-order valence-electron chi connectivity index (χ1n) is 8.95. The van der Waals surface area contributed by atoms with Gasteiger partial charge in [0.2, 0.25) is 0 Å². The summed E-state index contributed by atoms with van der Waals surface area (Å²) in [5, 5.41) is 0. The molecule has 0 aromatic heterocycles. The van der Waals surface area contributed by atoms with Crippen molar-refractivity contribution in [1.29, 1.82) is 0 Å². The predicted octanol–water partition coefficient (Wildman–Crippen LogP) is 3.89. The van der Waals surface area contributed by atoms with E-state index in [1.807, 2.05) is 0 Å². The van der Waals surface area contributed by atoms with E-state index >= 15 is 0 Å². The predicted molar refractivity (Wildman–Crippen MR) is 102 cm³/mol. The topological polar surface area (TPSA) is 74.3 Å². The Morgan fingerprint density at radius 3 is 2.26 bits per heavy atom. The minimum Gasteiger partial charge on any atom is -0.466 e. The van der Waals surface area contributed by atoms with Gasteiger partial charge in [-0.2, -0.15) is 13.2 Å². The third-order valence-electron chi connectivity index (χ3n) is 4.38. The van der Waals surface area contributed by atoms with Crippen molar-refractivity contribution < 1.29 is 41.7 Å². The monoisotopic (exact) mass is 437 g/mol. The first-order valence-corrected chi connectivity index (χ1v) is 8.95. The largest absolute Gasteiger partial charge is 0.466 e. The van der Waals surface area contributed by atoms with Gasteiger partial charge in [-0.1, -0.05) is 18.2 Å². The van der Waals surface area contributed by atoms with E-state index in [1.165, 1.54) is 6.07 Å². The van der Waals surface area contributed by atoms with Crippen LogP contribution in [-0.2, 0) is 30.0 Å². The number of hydrogen-bond acceptors (Lipinski definition) is 7. The van der Waals surface area contributed by atoms with Crippen LogP contribution in [0, 0.1) is 0 Å². The van der Waals surface area contributed by atoms with Crippen molar-refractivity contribution in [2.75, 3.05) is 32.5 Å². The number of hydrogen-bond donors (Lipinski definition) is 0. The number of carbonyl (C=O) groups is 2. The number of alkyl halides is 3. The van der Waals surface area contributed by atoms with Crippen LogP contribution in [-0.4, -0.2) is 39.5 Å². The Bertz CT molecular complexity index is 1000. The van der Waals surface area contributed by atoms with E-state index in [0.717, 1.165) is 31.3 Å². The molecule has 0 radical (unpaired) electrons. The average molecular weight is 437 g/mol. The van der Waals surface area contributed by atoms with Gasteiger partial charge in [0.05, 0.1) is 37.7 Å². The number of para-hydroxylation sites is 1. The minimum atomic E-state index is -4.80. The van der Waals surface area contributed by atoms with Crippen LogP contribution >= 0.6 is 0 Å². The van der Waals surface area contributed by atoms with E-state index in [9.17, 15) is 22.8 Å². The molecule has 10 heteroatoms. The van der Waals surface area contributed by atoms with Crippen molar-refractivity contribution in [3.63, 3.8) is 0 Å². The highest BCUT2D eigenvalue weighted by atomic mass is 19.4. The number of methoxy groups -OCH3 is 2. The molecule has 0 spiro atoms. The van der Waals surface area contributed by atoms with Gasteiger partial charge < -0.3 is 23.8 Å². The van der Waals surface area contributed by atoms with Crippen molar-refractivity contribution in [2.45, 2.75) is 6.18 Å². The molecule has 7 nitrogen and oxygen atoms in total. The number of nitrogens with zero attached hydrogens (tertiary/aromatic N) is 1. The van der Waals surface area contributed by atoms with E-state index < -0.39 is 36.1 Å². The lowest BCUT2D eigenvalue weighted by Crippen LogP contribution is -2.39. The van der Waals surface area contributed by atoms with Crippen molar-refractivity contribution in [2.24, 2.45) is 0 Å². The maximum absolute atomic E-state index is 13.9. The summed E-state index contributed by atoms with van der Waals surface area (Å²) in [4.78, 5) is 25.4. The number of halogens is 3. The molecule has 2 aromatic carbocycles. The summed E-state index contributed by atoms with van der Waals surface area (Å²) in [6, 6.07) is 11.6. The SMILES string of the molecule is COC(=O)C1=C(C(=O)OC)N(c2ccc(Oc3ccccc3)cc2C(F)(F)F)COC1. The zero-order valence-electron chi connectivity index (χ0n) is 16.6. The Morgan fingerprint density at radius 1 is 0.968 bits per heavy atom. The molecule has 0 N–H and O–H groups in total. The highest BCUT2D eigenvalue weighted by Crippen LogP contribution is 2.41. The molecule has 0 saturated carbocycles. The fraction of sp³-hybridized carbons (Fsp3) is 0.238. The maximum Gasteiger partial charge on any atom is 0.418 e. The third kappa shape index (κ3) is 4.80. The summed E-state index contributed by atoms with van der Waals surface area (Å²) in [6.07, 6.45) is -4.80. The molecule has 0 amide bonds. The summed E-state index contributed by atoms with van der Waals surface area (Å²) >= 11 is 0. The molecular weight excluding hydrogens is 419 g/mol. The molecule has 164 valence electrons. The second kappa shape index (κ2) is 9.09. The fourth-order valence-corrected chi connectivity index (χ4v) is 3.00. The number of esters is 2. The summed E-state index contributed by atoms with van der Waals surface area (Å²) in [5.74, 6) is -1.62. The molecule has 1 heterocycles. The Labute approximate surface area is 175 Å². The van der Waals surface area contributed by atoms with Gasteiger partial charge in [0.1, 0.15) is 23.9 Å². The number of benzene rings is 2. The summed E-state index contributed by atoms with van der Waals surface area (Å²) in [6.45, 7) is -0.725. The zero-order valence-corrected chi connectivity index (χ0v) is 16.6. The van der Waals surface area contributed by atoms with Gasteiger partial charge in [-0.25, -0.2) is 9.59 Å². The first kappa shape index (κ1) is 22.2. The Kier molecular flexibility index (Phi) is 6.50. The van der Waals surface area contributed by atoms with Crippen LogP contribution in [0.3, 0.4) is 0 Å². The second-order valence-electron chi connectivity index (χ2n) is 6.31. The zero-order chi connectivity index (χ0) is 22.6. The molecular formula is C21H18F3NO6. The van der Waals surface area contributed by atoms with Crippen molar-refractivity contribution in [3.05, 3.63) is 65.4 Å². The lowest BCUT2D eigenvalue weighted by atomic mass is 10.1. The second-order valence-corrected chi connectivity index (χ2v) is 6.31. The van der Waals surface area contributed by atoms with Gasteiger partial charge in [0.25, 0.3) is 0 Å². The van der Waals surface area contributed by atoms with E-state index in [1.54, 1.807) is 30.3 Å². The molecule has 31 heavy (non-hydrogen) atoms. The molecule has 0 fully saturated rings. The standard InChI is InChI=1S/C21H18F3NO6/c1-28-19(26)15-11-30-12-25(18(15)20(27)29-2)17-9-8-14(10-16(17)21(22,23)24)31-13-6-4-3-5-7-13/h3-10H,11-12H2,1-2H3. The van der Waals surface area contributed by atoms with Gasteiger partial charge in [-0.15, -0.1) is 0 Å². The minimum absolute atomic E-state index is 0.0583. The summed E-state index contributed by atoms with van der Waals surface area (Å²) in [5.41, 5.74) is -2.13. The van der Waals surface area contributed by atoms with Gasteiger partial charge in [-0.3, -0.25) is 0 Å². The smallest absolute Gasteiger partial charge is 0.418 e. The third-order valence-corrected chi connectivity index (χ3v) is 4.38. The first-order chi connectivity index (χ1) is 14.8. The highest BCUT2D eigenvalue weighted by Gasteiger charge is 2.39. The lowest BCUT2D eigenvalue weighted by Gasteiger charge is -2.33. The van der Waals surface area contributed by atoms with Gasteiger partial charge in [0, 0.05) is 0 Å². The molecule has 0 aliphatic carbocycles. The van der Waals surface area contributed by atoms with Crippen LogP contribution in [0.5, 0.6) is 11.5 Å². The maximum atomic E-state index is 13.9. The summed E-state index contributed by atoms with van der Waals surface area (Å²) < 4.78 is 61.8. The molecule has 3 rings (SSSR count). The number of anilines is 1. The summed E-state index contributed by atoms with van der Waals surface area (Å²) in [7, 11) is 2.14. The highest BCUT2D eigenvalue weighted by molar-refractivity contribution is 6.03. The van der Waals surface area contributed by atoms with Crippen LogP contribution in [0.25, 0.3) is 0 Å². The molecule has 0 bridgehead atoms. The van der Waals surface area contributed by atoms with Crippen molar-refractivity contribution >= 4 is 17.6 Å². The molecule has 1 aliphatic rings. The van der Waals surface area contributed by atoms with Crippen LogP contribution < -0.4 is 9.64 Å². The molecule has 1 aliphatic heterocycles. The van der Waals surface area contributed by atoms with Crippen LogP contribution in [0.15, 0.2) is 59.8 Å². The van der Waals surface area contributed by atoms with Crippen LogP contribution in [0.1, 0.15) is 5.56 Å². The Balaban J connectivity index is 2.11. The normalized spacial score (nSPS) is 14.3. The van der Waals surface area contributed by atoms with Crippen molar-refractivity contribution in [3.8, 4) is 11.5 Å². The van der Waals surface area contributed by atoms with E-state index in [2.05, 4.69) is 9.47 Å². The van der Waals surface area contributed by atoms with Gasteiger partial charge in [-0.05, 0) is 30.3 Å². The van der Waals surface area contributed by atoms with E-state index in [0.29, 0.717) is 5.75 Å². The lowest BCUT2D eigenvalue weighted by molar-refractivity contribution is -0.141. The number of rotatable bonds is 5. The molecule has 0 saturated heterocycles. The number of ether oxygens (including phenoxy) is 4.